The number of anilines is 1. The van der Waals surface area contributed by atoms with Gasteiger partial charge in [0.05, 0.1) is 9.82 Å². The molecule has 1 saturated heterocycles. The Morgan fingerprint density at radius 1 is 1.19 bits per heavy atom. The summed E-state index contributed by atoms with van der Waals surface area (Å²) in [5, 5.41) is 13.9. The lowest BCUT2D eigenvalue weighted by Crippen LogP contribution is -2.41. The van der Waals surface area contributed by atoms with E-state index in [4.69, 9.17) is 4.42 Å². The Morgan fingerprint density at radius 2 is 1.91 bits per heavy atom. The molecular weight excluding hydrogens is 436 g/mol. The lowest BCUT2D eigenvalue weighted by atomic mass is 9.97. The van der Waals surface area contributed by atoms with Crippen molar-refractivity contribution in [1.29, 1.82) is 0 Å². The molecule has 0 saturated carbocycles. The molecule has 0 aliphatic carbocycles. The molecule has 1 N–H and O–H groups in total. The zero-order valence-electron chi connectivity index (χ0n) is 17.6. The van der Waals surface area contributed by atoms with Crippen LogP contribution in [-0.2, 0) is 14.8 Å². The summed E-state index contributed by atoms with van der Waals surface area (Å²) in [5.41, 5.74) is 2.04. The fourth-order valence-electron chi connectivity index (χ4n) is 3.84. The van der Waals surface area contributed by atoms with Crippen LogP contribution in [0.5, 0.6) is 0 Å². The summed E-state index contributed by atoms with van der Waals surface area (Å²) in [6.07, 6.45) is 0.703. The van der Waals surface area contributed by atoms with Gasteiger partial charge >= 0.3 is 0 Å². The number of nitrogens with one attached hydrogen (secondary N) is 1. The van der Waals surface area contributed by atoms with Crippen LogP contribution in [0.15, 0.2) is 45.7 Å². The van der Waals surface area contributed by atoms with Gasteiger partial charge in [0.2, 0.25) is 15.9 Å². The van der Waals surface area contributed by atoms with E-state index < -0.39 is 14.9 Å². The molecule has 2 aromatic carbocycles. The van der Waals surface area contributed by atoms with Gasteiger partial charge in [-0.3, -0.25) is 14.9 Å². The summed E-state index contributed by atoms with van der Waals surface area (Å²) >= 11 is 0. The van der Waals surface area contributed by atoms with Gasteiger partial charge in [-0.2, -0.15) is 4.31 Å². The number of hydrogen-bond acceptors (Lipinski definition) is 7. The Kier molecular flexibility index (Phi) is 5.70. The number of carbonyl (C=O) groups excluding carboxylic acids is 1. The molecule has 1 aliphatic rings. The minimum Gasteiger partial charge on any atom is -0.441 e. The van der Waals surface area contributed by atoms with Crippen LogP contribution in [0.3, 0.4) is 0 Å². The molecule has 168 valence electrons. The fraction of sp³-hybridized carbons (Fsp3) is 0.333. The van der Waals surface area contributed by atoms with E-state index in [9.17, 15) is 23.3 Å². The third-order valence-electron chi connectivity index (χ3n) is 5.59. The number of non-ortho nitro benzene ring substituents is 1. The second kappa shape index (κ2) is 8.32. The molecule has 0 atom stereocenters. The summed E-state index contributed by atoms with van der Waals surface area (Å²) in [6, 6.07) is 9.00. The Hall–Kier alpha value is -3.31. The molecule has 1 aromatic heterocycles. The van der Waals surface area contributed by atoms with Crippen LogP contribution in [0.25, 0.3) is 11.1 Å². The standard InChI is InChI=1S/C21H22N4O6S/c1-13-3-5-17(25(27)28)12-20(13)32(29,30)24-9-7-15(8-10-24)21(26)23-16-4-6-19-18(11-16)22-14(2)31-19/h3-6,11-12,15H,7-10H2,1-2H3,(H,23,26). The van der Waals surface area contributed by atoms with Crippen molar-refractivity contribution in [3.8, 4) is 0 Å². The normalized spacial score (nSPS) is 15.7. The lowest BCUT2D eigenvalue weighted by Gasteiger charge is -2.30. The molecule has 0 bridgehead atoms. The highest BCUT2D eigenvalue weighted by Gasteiger charge is 2.33. The number of rotatable bonds is 5. The van der Waals surface area contributed by atoms with Crippen LogP contribution < -0.4 is 5.32 Å². The summed E-state index contributed by atoms with van der Waals surface area (Å²) in [7, 11) is -3.90. The molecular formula is C21H22N4O6S. The number of nitro benzene ring substituents is 1. The maximum Gasteiger partial charge on any atom is 0.270 e. The number of carbonyl (C=O) groups is 1. The molecule has 32 heavy (non-hydrogen) atoms. The second-order valence-electron chi connectivity index (χ2n) is 7.79. The number of aromatic nitrogens is 1. The average molecular weight is 458 g/mol. The van der Waals surface area contributed by atoms with E-state index >= 15 is 0 Å². The SMILES string of the molecule is Cc1nc2cc(NC(=O)C3CCN(S(=O)(=O)c4cc([N+](=O)[O-])ccc4C)CC3)ccc2o1. The molecule has 1 fully saturated rings. The van der Waals surface area contributed by atoms with E-state index in [1.807, 2.05) is 0 Å². The molecule has 1 aliphatic heterocycles. The summed E-state index contributed by atoms with van der Waals surface area (Å²) in [4.78, 5) is 27.3. The minimum absolute atomic E-state index is 0.0780. The first-order valence-corrected chi connectivity index (χ1v) is 11.5. The van der Waals surface area contributed by atoms with Gasteiger partial charge in [-0.1, -0.05) is 6.07 Å². The van der Waals surface area contributed by atoms with E-state index in [1.54, 1.807) is 32.0 Å². The van der Waals surface area contributed by atoms with Crippen molar-refractivity contribution in [1.82, 2.24) is 9.29 Å². The van der Waals surface area contributed by atoms with Gasteiger partial charge in [-0.05, 0) is 43.5 Å². The number of nitro groups is 1. The highest BCUT2D eigenvalue weighted by molar-refractivity contribution is 7.89. The lowest BCUT2D eigenvalue weighted by molar-refractivity contribution is -0.385. The van der Waals surface area contributed by atoms with Crippen LogP contribution >= 0.6 is 0 Å². The highest BCUT2D eigenvalue weighted by atomic mass is 32.2. The Labute approximate surface area is 184 Å². The van der Waals surface area contributed by atoms with Crippen molar-refractivity contribution in [2.45, 2.75) is 31.6 Å². The molecule has 11 heteroatoms. The van der Waals surface area contributed by atoms with E-state index in [1.165, 1.54) is 16.4 Å². The topological polar surface area (TPSA) is 136 Å². The molecule has 10 nitrogen and oxygen atoms in total. The first-order valence-electron chi connectivity index (χ1n) is 10.1. The largest absolute Gasteiger partial charge is 0.441 e. The summed E-state index contributed by atoms with van der Waals surface area (Å²) < 4.78 is 32.8. The zero-order chi connectivity index (χ0) is 23.0. The van der Waals surface area contributed by atoms with Gasteiger partial charge < -0.3 is 9.73 Å². The van der Waals surface area contributed by atoms with Crippen molar-refractivity contribution in [3.05, 3.63) is 58.0 Å². The highest BCUT2D eigenvalue weighted by Crippen LogP contribution is 2.29. The first-order chi connectivity index (χ1) is 15.1. The summed E-state index contributed by atoms with van der Waals surface area (Å²) in [6.45, 7) is 3.66. The maximum absolute atomic E-state index is 13.1. The molecule has 4 rings (SSSR count). The quantitative estimate of drug-likeness (QED) is 0.457. The first kappa shape index (κ1) is 21.9. The summed E-state index contributed by atoms with van der Waals surface area (Å²) in [5.74, 6) is 0.00610. The van der Waals surface area contributed by atoms with Crippen LogP contribution in [0.4, 0.5) is 11.4 Å². The third-order valence-corrected chi connectivity index (χ3v) is 7.63. The fourth-order valence-corrected chi connectivity index (χ4v) is 5.56. The third kappa shape index (κ3) is 4.21. The monoisotopic (exact) mass is 458 g/mol. The molecule has 2 heterocycles. The van der Waals surface area contributed by atoms with E-state index in [0.29, 0.717) is 41.1 Å². The van der Waals surface area contributed by atoms with Crippen molar-refractivity contribution < 1.29 is 22.6 Å². The number of oxazole rings is 1. The maximum atomic E-state index is 13.1. The zero-order valence-corrected chi connectivity index (χ0v) is 18.4. The number of sulfonamides is 1. The predicted molar refractivity (Wildman–Crippen MR) is 117 cm³/mol. The predicted octanol–water partition coefficient (Wildman–Crippen LogP) is 3.39. The van der Waals surface area contributed by atoms with Gasteiger partial charge in [-0.25, -0.2) is 13.4 Å². The van der Waals surface area contributed by atoms with Crippen LogP contribution in [0.2, 0.25) is 0 Å². The number of hydrogen-bond donors (Lipinski definition) is 1. The van der Waals surface area contributed by atoms with Crippen molar-refractivity contribution >= 4 is 38.4 Å². The van der Waals surface area contributed by atoms with Crippen molar-refractivity contribution in [2.75, 3.05) is 18.4 Å². The molecule has 0 spiro atoms. The van der Waals surface area contributed by atoms with Gasteiger partial charge in [-0.15, -0.1) is 0 Å². The number of nitrogens with zero attached hydrogens (tertiary/aromatic N) is 3. The Bertz CT molecular complexity index is 1310. The number of fused-ring (bicyclic) bond motifs is 1. The molecule has 3 aromatic rings. The average Bonchev–Trinajstić information content (AvgIpc) is 3.13. The van der Waals surface area contributed by atoms with Gasteiger partial charge in [0.15, 0.2) is 11.5 Å². The molecule has 1 amide bonds. The van der Waals surface area contributed by atoms with Crippen LogP contribution in [-0.4, -0.2) is 41.6 Å². The number of piperidine rings is 1. The molecule has 0 unspecified atom stereocenters. The Balaban J connectivity index is 1.43. The van der Waals surface area contributed by atoms with Gasteiger partial charge in [0.25, 0.3) is 5.69 Å². The van der Waals surface area contributed by atoms with Gasteiger partial charge in [0, 0.05) is 43.8 Å². The van der Waals surface area contributed by atoms with Crippen molar-refractivity contribution in [3.63, 3.8) is 0 Å². The van der Waals surface area contributed by atoms with Crippen LogP contribution in [0.1, 0.15) is 24.3 Å². The van der Waals surface area contributed by atoms with Crippen LogP contribution in [0, 0.1) is 29.9 Å². The molecule has 0 radical (unpaired) electrons. The van der Waals surface area contributed by atoms with E-state index in [2.05, 4.69) is 10.3 Å². The second-order valence-corrected chi connectivity index (χ2v) is 9.70. The van der Waals surface area contributed by atoms with Crippen molar-refractivity contribution in [2.24, 2.45) is 5.92 Å². The van der Waals surface area contributed by atoms with E-state index in [0.717, 1.165) is 6.07 Å². The Morgan fingerprint density at radius 3 is 2.59 bits per heavy atom. The minimum atomic E-state index is -3.90. The smallest absolute Gasteiger partial charge is 0.270 e. The number of aryl methyl sites for hydroxylation is 2. The van der Waals surface area contributed by atoms with Gasteiger partial charge in [0.1, 0.15) is 5.52 Å². The number of benzene rings is 2. The van der Waals surface area contributed by atoms with E-state index in [-0.39, 0.29) is 35.5 Å². The number of amides is 1.